The first-order valence-corrected chi connectivity index (χ1v) is 4.31. The third kappa shape index (κ3) is 0.880. The van der Waals surface area contributed by atoms with Crippen LogP contribution in [0, 0.1) is 0 Å². The number of rotatable bonds is 2. The first kappa shape index (κ1) is 6.81. The summed E-state index contributed by atoms with van der Waals surface area (Å²) in [6.07, 6.45) is 2.33. The topological polar surface area (TPSA) is 12.5 Å². The van der Waals surface area contributed by atoms with Crippen molar-refractivity contribution in [2.24, 2.45) is 0 Å². The zero-order valence-corrected chi connectivity index (χ0v) is 7.44. The molecule has 1 aliphatic rings. The van der Waals surface area contributed by atoms with Crippen molar-refractivity contribution in [3.05, 3.63) is 0 Å². The molecule has 0 radical (unpaired) electrons. The molecule has 1 nitrogen and oxygen atoms in total. The predicted octanol–water partition coefficient (Wildman–Crippen LogP) is 2.34. The van der Waals surface area contributed by atoms with Crippen molar-refractivity contribution in [1.82, 2.24) is 0 Å². The Labute approximate surface area is 63.9 Å². The molecular formula is C6H11IO. The summed E-state index contributed by atoms with van der Waals surface area (Å²) >= 11 is 2.35. The Hall–Kier alpha value is 0.690. The molecule has 0 aromatic rings. The molecule has 0 N–H and O–H groups in total. The molecule has 48 valence electrons. The SMILES string of the molecule is CCC1(CC)OC1I. The minimum atomic E-state index is 0.278. The van der Waals surface area contributed by atoms with E-state index in [1.54, 1.807) is 0 Å². The first-order chi connectivity index (χ1) is 3.75. The maximum atomic E-state index is 5.39. The molecule has 0 saturated carbocycles. The van der Waals surface area contributed by atoms with Crippen LogP contribution >= 0.6 is 22.6 Å². The average Bonchev–Trinajstić information content (AvgIpc) is 2.43. The van der Waals surface area contributed by atoms with E-state index >= 15 is 0 Å². The van der Waals surface area contributed by atoms with Crippen molar-refractivity contribution in [3.8, 4) is 0 Å². The first-order valence-electron chi connectivity index (χ1n) is 3.07. The van der Waals surface area contributed by atoms with Crippen LogP contribution in [0.1, 0.15) is 26.7 Å². The van der Waals surface area contributed by atoms with Crippen LogP contribution < -0.4 is 0 Å². The van der Waals surface area contributed by atoms with Crippen molar-refractivity contribution in [3.63, 3.8) is 0 Å². The van der Waals surface area contributed by atoms with E-state index in [9.17, 15) is 0 Å². The predicted molar refractivity (Wildman–Crippen MR) is 42.2 cm³/mol. The fourth-order valence-electron chi connectivity index (χ4n) is 0.910. The summed E-state index contributed by atoms with van der Waals surface area (Å²) in [6.45, 7) is 4.37. The molecule has 0 aromatic heterocycles. The molecule has 1 fully saturated rings. The number of halogens is 1. The summed E-state index contributed by atoms with van der Waals surface area (Å²) in [5, 5.41) is 0. The van der Waals surface area contributed by atoms with Gasteiger partial charge in [-0.2, -0.15) is 0 Å². The maximum Gasteiger partial charge on any atom is 0.138 e. The monoisotopic (exact) mass is 226 g/mol. The molecule has 0 aliphatic carbocycles. The van der Waals surface area contributed by atoms with Gasteiger partial charge in [0.15, 0.2) is 0 Å². The van der Waals surface area contributed by atoms with Crippen LogP contribution in [-0.4, -0.2) is 9.71 Å². The van der Waals surface area contributed by atoms with Gasteiger partial charge in [0.2, 0.25) is 0 Å². The third-order valence-corrected chi connectivity index (χ3v) is 3.28. The molecule has 0 bridgehead atoms. The molecule has 1 rings (SSSR count). The summed E-state index contributed by atoms with van der Waals surface area (Å²) < 4.78 is 5.88. The molecule has 1 unspecified atom stereocenters. The summed E-state index contributed by atoms with van der Waals surface area (Å²) in [7, 11) is 0. The van der Waals surface area contributed by atoms with E-state index in [1.807, 2.05) is 0 Å². The van der Waals surface area contributed by atoms with Gasteiger partial charge in [0.25, 0.3) is 0 Å². The molecule has 0 amide bonds. The van der Waals surface area contributed by atoms with E-state index < -0.39 is 0 Å². The molecule has 1 aliphatic heterocycles. The van der Waals surface area contributed by atoms with Crippen molar-refractivity contribution >= 4 is 22.6 Å². The summed E-state index contributed by atoms with van der Waals surface area (Å²) in [5.41, 5.74) is 0.278. The molecule has 1 saturated heterocycles. The number of hydrogen-bond donors (Lipinski definition) is 0. The largest absolute Gasteiger partial charge is 0.355 e. The van der Waals surface area contributed by atoms with E-state index in [2.05, 4.69) is 36.4 Å². The minimum absolute atomic E-state index is 0.278. The minimum Gasteiger partial charge on any atom is -0.355 e. The highest BCUT2D eigenvalue weighted by atomic mass is 127. The smallest absolute Gasteiger partial charge is 0.138 e. The quantitative estimate of drug-likeness (QED) is 0.400. The Morgan fingerprint density at radius 1 is 1.50 bits per heavy atom. The second-order valence-corrected chi connectivity index (χ2v) is 3.34. The van der Waals surface area contributed by atoms with Gasteiger partial charge in [-0.15, -0.1) is 0 Å². The lowest BCUT2D eigenvalue weighted by Gasteiger charge is -2.01. The van der Waals surface area contributed by atoms with Crippen LogP contribution in [0.15, 0.2) is 0 Å². The van der Waals surface area contributed by atoms with Crippen LogP contribution in [0.4, 0.5) is 0 Å². The number of alkyl halides is 1. The van der Waals surface area contributed by atoms with E-state index in [0.717, 1.165) is 12.8 Å². The van der Waals surface area contributed by atoms with Gasteiger partial charge in [0.05, 0.1) is 0 Å². The normalized spacial score (nSPS) is 32.6. The maximum absolute atomic E-state index is 5.39. The summed E-state index contributed by atoms with van der Waals surface area (Å²) in [5.74, 6) is 0. The van der Waals surface area contributed by atoms with Crippen molar-refractivity contribution in [2.75, 3.05) is 0 Å². The Morgan fingerprint density at radius 2 is 1.88 bits per heavy atom. The highest BCUT2D eigenvalue weighted by Crippen LogP contribution is 2.46. The molecule has 8 heavy (non-hydrogen) atoms. The van der Waals surface area contributed by atoms with Crippen LogP contribution in [0.5, 0.6) is 0 Å². The zero-order valence-electron chi connectivity index (χ0n) is 5.28. The van der Waals surface area contributed by atoms with Gasteiger partial charge < -0.3 is 4.74 Å². The molecule has 0 spiro atoms. The average molecular weight is 226 g/mol. The Bertz CT molecular complexity index is 83.0. The fraction of sp³-hybridized carbons (Fsp3) is 1.00. The lowest BCUT2D eigenvalue weighted by molar-refractivity contribution is 0.288. The van der Waals surface area contributed by atoms with Gasteiger partial charge >= 0.3 is 0 Å². The van der Waals surface area contributed by atoms with Gasteiger partial charge in [0, 0.05) is 0 Å². The molecule has 1 atom stereocenters. The van der Waals surface area contributed by atoms with Crippen molar-refractivity contribution < 1.29 is 4.74 Å². The Morgan fingerprint density at radius 3 is 1.88 bits per heavy atom. The molecule has 1 heterocycles. The second-order valence-electron chi connectivity index (χ2n) is 2.21. The zero-order chi connectivity index (χ0) is 6.20. The van der Waals surface area contributed by atoms with Crippen molar-refractivity contribution in [1.29, 1.82) is 0 Å². The van der Waals surface area contributed by atoms with Gasteiger partial charge in [-0.3, -0.25) is 0 Å². The fourth-order valence-corrected chi connectivity index (χ4v) is 2.30. The third-order valence-electron chi connectivity index (χ3n) is 1.89. The second kappa shape index (κ2) is 2.14. The van der Waals surface area contributed by atoms with Crippen LogP contribution in [0.3, 0.4) is 0 Å². The van der Waals surface area contributed by atoms with Gasteiger partial charge in [-0.25, -0.2) is 0 Å². The van der Waals surface area contributed by atoms with Gasteiger partial charge in [-0.1, -0.05) is 13.8 Å². The lowest BCUT2D eigenvalue weighted by atomic mass is 10.1. The van der Waals surface area contributed by atoms with E-state index in [-0.39, 0.29) is 5.60 Å². The standard InChI is InChI=1S/C6H11IO/c1-3-6(4-2)5(7)8-6/h5H,3-4H2,1-2H3. The van der Waals surface area contributed by atoms with E-state index in [4.69, 9.17) is 4.74 Å². The lowest BCUT2D eigenvalue weighted by Crippen LogP contribution is -2.08. The van der Waals surface area contributed by atoms with Crippen molar-refractivity contribution in [2.45, 2.75) is 36.4 Å². The summed E-state index contributed by atoms with van der Waals surface area (Å²) in [6, 6.07) is 0. The molecular weight excluding hydrogens is 215 g/mol. The van der Waals surface area contributed by atoms with Crippen LogP contribution in [0.25, 0.3) is 0 Å². The number of epoxide rings is 1. The Kier molecular flexibility index (Phi) is 1.82. The van der Waals surface area contributed by atoms with Crippen LogP contribution in [-0.2, 0) is 4.74 Å². The molecule has 2 heteroatoms. The number of ether oxygens (including phenoxy) is 1. The molecule has 0 aromatic carbocycles. The van der Waals surface area contributed by atoms with Gasteiger partial charge in [0.1, 0.15) is 9.71 Å². The van der Waals surface area contributed by atoms with E-state index in [1.165, 1.54) is 0 Å². The summed E-state index contributed by atoms with van der Waals surface area (Å²) in [4.78, 5) is 0. The Balaban J connectivity index is 2.39. The van der Waals surface area contributed by atoms with Gasteiger partial charge in [-0.05, 0) is 35.4 Å². The highest BCUT2D eigenvalue weighted by Gasteiger charge is 2.51. The number of hydrogen-bond acceptors (Lipinski definition) is 1. The highest BCUT2D eigenvalue weighted by molar-refractivity contribution is 14.1. The van der Waals surface area contributed by atoms with E-state index in [0.29, 0.717) is 4.11 Å². The van der Waals surface area contributed by atoms with Crippen LogP contribution in [0.2, 0.25) is 0 Å².